The van der Waals surface area contributed by atoms with E-state index in [1.165, 1.54) is 4.90 Å². The quantitative estimate of drug-likeness (QED) is 0.792. The maximum absolute atomic E-state index is 13.2. The van der Waals surface area contributed by atoms with Gasteiger partial charge in [-0.05, 0) is 33.6 Å². The Hall–Kier alpha value is -0.910. The molecule has 1 amide bonds. The summed E-state index contributed by atoms with van der Waals surface area (Å²) in [5.74, 6) is -3.16. The highest BCUT2D eigenvalue weighted by Crippen LogP contribution is 2.37. The molecule has 1 aliphatic rings. The van der Waals surface area contributed by atoms with Crippen LogP contribution in [0.1, 0.15) is 40.5 Å². The molecule has 0 spiro atoms. The zero-order valence-corrected chi connectivity index (χ0v) is 11.3. The minimum absolute atomic E-state index is 0.0782. The molecule has 0 saturated carbocycles. The minimum atomic E-state index is -3.16. The van der Waals surface area contributed by atoms with Crippen molar-refractivity contribution in [3.63, 3.8) is 0 Å². The fourth-order valence-corrected chi connectivity index (χ4v) is 1.82. The Morgan fingerprint density at radius 2 is 1.67 bits per heavy atom. The lowest BCUT2D eigenvalue weighted by atomic mass is 9.86. The zero-order chi connectivity index (χ0) is 14.2. The Kier molecular flexibility index (Phi) is 3.91. The first-order valence-corrected chi connectivity index (χ1v) is 6.03. The minimum Gasteiger partial charge on any atom is -0.444 e. The van der Waals surface area contributed by atoms with Gasteiger partial charge in [0.15, 0.2) is 0 Å². The number of ether oxygens (including phenoxy) is 1. The first kappa shape index (κ1) is 15.1. The molecule has 0 aliphatic carbocycles. The van der Waals surface area contributed by atoms with E-state index in [4.69, 9.17) is 4.74 Å². The van der Waals surface area contributed by atoms with Crippen LogP contribution >= 0.6 is 0 Å². The van der Waals surface area contributed by atoms with Gasteiger partial charge in [-0.3, -0.25) is 0 Å². The Bertz CT molecular complexity index is 312. The highest BCUT2D eigenvalue weighted by atomic mass is 19.3. The van der Waals surface area contributed by atoms with E-state index in [0.717, 1.165) is 0 Å². The van der Waals surface area contributed by atoms with Crippen LogP contribution < -0.4 is 0 Å². The number of amides is 1. The average molecular weight is 265 g/mol. The van der Waals surface area contributed by atoms with Gasteiger partial charge in [0.25, 0.3) is 5.92 Å². The smallest absolute Gasteiger partial charge is 0.410 e. The van der Waals surface area contributed by atoms with Crippen molar-refractivity contribution in [3.05, 3.63) is 0 Å². The Morgan fingerprint density at radius 3 is 2.00 bits per heavy atom. The van der Waals surface area contributed by atoms with E-state index in [9.17, 15) is 18.7 Å². The van der Waals surface area contributed by atoms with Gasteiger partial charge in [0.2, 0.25) is 0 Å². The predicted octanol–water partition coefficient (Wildman–Crippen LogP) is 2.40. The molecule has 1 N–H and O–H groups in total. The molecule has 0 radical (unpaired) electrons. The van der Waals surface area contributed by atoms with Gasteiger partial charge in [-0.1, -0.05) is 0 Å². The molecule has 1 saturated heterocycles. The molecule has 0 aromatic carbocycles. The monoisotopic (exact) mass is 265 g/mol. The topological polar surface area (TPSA) is 49.8 Å². The van der Waals surface area contributed by atoms with Crippen molar-refractivity contribution in [1.82, 2.24) is 4.90 Å². The Labute approximate surface area is 106 Å². The van der Waals surface area contributed by atoms with Crippen molar-refractivity contribution in [3.8, 4) is 0 Å². The second-order valence-corrected chi connectivity index (χ2v) is 5.89. The third-order valence-corrected chi connectivity index (χ3v) is 3.06. The van der Waals surface area contributed by atoms with Gasteiger partial charge in [-0.2, -0.15) is 0 Å². The van der Waals surface area contributed by atoms with Crippen LogP contribution in [0.25, 0.3) is 0 Å². The molecule has 6 heteroatoms. The number of hydrogen-bond acceptors (Lipinski definition) is 3. The van der Waals surface area contributed by atoms with Gasteiger partial charge in [-0.15, -0.1) is 0 Å². The standard InChI is InChI=1S/C12H21F2NO3/c1-10(2,3)18-9(16)15-7-5-12(17,6-8-15)11(4,13)14/h17H,5-8H2,1-4H3. The molecule has 0 unspecified atom stereocenters. The number of alkyl halides is 2. The fraction of sp³-hybridized carbons (Fsp3) is 0.917. The number of carbonyl (C=O) groups excluding carboxylic acids is 1. The van der Waals surface area contributed by atoms with Gasteiger partial charge in [0.05, 0.1) is 0 Å². The number of rotatable bonds is 1. The summed E-state index contributed by atoms with van der Waals surface area (Å²) >= 11 is 0. The number of nitrogens with zero attached hydrogens (tertiary/aromatic N) is 1. The van der Waals surface area contributed by atoms with Gasteiger partial charge >= 0.3 is 6.09 Å². The van der Waals surface area contributed by atoms with E-state index in [2.05, 4.69) is 0 Å². The fourth-order valence-electron chi connectivity index (χ4n) is 1.82. The molecular formula is C12H21F2NO3. The number of piperidine rings is 1. The second kappa shape index (κ2) is 4.64. The van der Waals surface area contributed by atoms with E-state index < -0.39 is 23.2 Å². The highest BCUT2D eigenvalue weighted by Gasteiger charge is 2.50. The summed E-state index contributed by atoms with van der Waals surface area (Å²) in [4.78, 5) is 13.1. The van der Waals surface area contributed by atoms with E-state index in [-0.39, 0.29) is 25.9 Å². The van der Waals surface area contributed by atoms with Crippen LogP contribution in [-0.2, 0) is 4.74 Å². The third-order valence-electron chi connectivity index (χ3n) is 3.06. The molecule has 0 aromatic heterocycles. The number of likely N-dealkylation sites (tertiary alicyclic amines) is 1. The average Bonchev–Trinajstić information content (AvgIpc) is 2.14. The van der Waals surface area contributed by atoms with Crippen LogP contribution in [0, 0.1) is 0 Å². The molecule has 18 heavy (non-hydrogen) atoms. The summed E-state index contributed by atoms with van der Waals surface area (Å²) in [6.45, 7) is 6.09. The lowest BCUT2D eigenvalue weighted by molar-refractivity contribution is -0.188. The molecule has 0 atom stereocenters. The van der Waals surface area contributed by atoms with Gasteiger partial charge in [0, 0.05) is 20.0 Å². The summed E-state index contributed by atoms with van der Waals surface area (Å²) in [5, 5.41) is 9.81. The number of carbonyl (C=O) groups is 1. The highest BCUT2D eigenvalue weighted by molar-refractivity contribution is 5.68. The summed E-state index contributed by atoms with van der Waals surface area (Å²) in [5.41, 5.74) is -2.63. The van der Waals surface area contributed by atoms with Crippen LogP contribution in [0.4, 0.5) is 13.6 Å². The molecule has 0 aromatic rings. The molecular weight excluding hydrogens is 244 g/mol. The summed E-state index contributed by atoms with van der Waals surface area (Å²) in [7, 11) is 0. The van der Waals surface area contributed by atoms with Crippen molar-refractivity contribution >= 4 is 6.09 Å². The van der Waals surface area contributed by atoms with Crippen molar-refractivity contribution in [2.24, 2.45) is 0 Å². The maximum Gasteiger partial charge on any atom is 0.410 e. The van der Waals surface area contributed by atoms with Crippen LogP contribution in [0.5, 0.6) is 0 Å². The van der Waals surface area contributed by atoms with Gasteiger partial charge in [-0.25, -0.2) is 13.6 Å². The molecule has 1 rings (SSSR count). The van der Waals surface area contributed by atoms with E-state index in [1.807, 2.05) is 0 Å². The van der Waals surface area contributed by atoms with Gasteiger partial charge < -0.3 is 14.7 Å². The largest absolute Gasteiger partial charge is 0.444 e. The molecule has 1 heterocycles. The molecule has 4 nitrogen and oxygen atoms in total. The van der Waals surface area contributed by atoms with Crippen LogP contribution in [-0.4, -0.2) is 46.3 Å². The SMILES string of the molecule is CC(C)(C)OC(=O)N1CCC(O)(C(C)(F)F)CC1. The van der Waals surface area contributed by atoms with Crippen molar-refractivity contribution in [1.29, 1.82) is 0 Å². The van der Waals surface area contributed by atoms with E-state index in [0.29, 0.717) is 6.92 Å². The number of halogens is 2. The number of aliphatic hydroxyl groups is 1. The molecule has 1 aliphatic heterocycles. The normalized spacial score (nSPS) is 20.7. The zero-order valence-electron chi connectivity index (χ0n) is 11.3. The van der Waals surface area contributed by atoms with Crippen LogP contribution in [0.15, 0.2) is 0 Å². The van der Waals surface area contributed by atoms with Crippen LogP contribution in [0.2, 0.25) is 0 Å². The Morgan fingerprint density at radius 1 is 1.22 bits per heavy atom. The van der Waals surface area contributed by atoms with Crippen molar-refractivity contribution < 1.29 is 23.4 Å². The summed E-state index contributed by atoms with van der Waals surface area (Å²) in [6, 6.07) is 0. The first-order valence-electron chi connectivity index (χ1n) is 6.03. The van der Waals surface area contributed by atoms with Crippen LogP contribution in [0.3, 0.4) is 0 Å². The summed E-state index contributed by atoms with van der Waals surface area (Å²) in [6.07, 6.45) is -0.810. The van der Waals surface area contributed by atoms with Gasteiger partial charge in [0.1, 0.15) is 11.2 Å². The van der Waals surface area contributed by atoms with E-state index in [1.54, 1.807) is 20.8 Å². The summed E-state index contributed by atoms with van der Waals surface area (Å²) < 4.78 is 31.6. The lowest BCUT2D eigenvalue weighted by Gasteiger charge is -2.41. The van der Waals surface area contributed by atoms with Crippen molar-refractivity contribution in [2.75, 3.05) is 13.1 Å². The first-order chi connectivity index (χ1) is 7.95. The third kappa shape index (κ3) is 3.54. The second-order valence-electron chi connectivity index (χ2n) is 5.89. The predicted molar refractivity (Wildman–Crippen MR) is 62.6 cm³/mol. The van der Waals surface area contributed by atoms with Crippen molar-refractivity contribution in [2.45, 2.75) is 57.7 Å². The Balaban J connectivity index is 2.57. The lowest BCUT2D eigenvalue weighted by Crippen LogP contribution is -2.55. The number of hydrogen-bond donors (Lipinski definition) is 1. The molecule has 106 valence electrons. The maximum atomic E-state index is 13.2. The molecule has 1 fully saturated rings. The molecule has 0 bridgehead atoms. The van der Waals surface area contributed by atoms with E-state index >= 15 is 0 Å².